The normalized spacial score (nSPS) is 13.3. The molecule has 0 saturated carbocycles. The molecule has 1 unspecified atom stereocenters. The lowest BCUT2D eigenvalue weighted by molar-refractivity contribution is 0.643. The van der Waals surface area contributed by atoms with Crippen LogP contribution in [0.1, 0.15) is 36.7 Å². The Morgan fingerprint density at radius 1 is 1.15 bits per heavy atom. The topological polar surface area (TPSA) is 0 Å². The molecule has 0 radical (unpaired) electrons. The van der Waals surface area contributed by atoms with E-state index >= 15 is 0 Å². The van der Waals surface area contributed by atoms with E-state index in [9.17, 15) is 0 Å². The predicted molar refractivity (Wildman–Crippen MR) is 62.3 cm³/mol. The van der Waals surface area contributed by atoms with E-state index in [4.69, 9.17) is 0 Å². The monoisotopic (exact) mass is 240 g/mol. The van der Waals surface area contributed by atoms with Crippen LogP contribution in [0.3, 0.4) is 0 Å². The fourth-order valence-corrected chi connectivity index (χ4v) is 1.99. The number of benzene rings is 1. The molecule has 0 saturated heterocycles. The van der Waals surface area contributed by atoms with E-state index in [2.05, 4.69) is 61.0 Å². The molecule has 0 spiro atoms. The molecule has 0 amide bonds. The van der Waals surface area contributed by atoms with Gasteiger partial charge in [0.15, 0.2) is 0 Å². The molecule has 0 fully saturated rings. The summed E-state index contributed by atoms with van der Waals surface area (Å²) in [6.45, 7) is 6.70. The van der Waals surface area contributed by atoms with Crippen molar-refractivity contribution in [3.63, 3.8) is 0 Å². The average molecular weight is 241 g/mol. The maximum Gasteiger partial charge on any atom is 0.0369 e. The van der Waals surface area contributed by atoms with Crippen molar-refractivity contribution < 1.29 is 0 Å². The van der Waals surface area contributed by atoms with Crippen molar-refractivity contribution in [2.45, 2.75) is 32.0 Å². The van der Waals surface area contributed by atoms with Crippen molar-refractivity contribution in [2.24, 2.45) is 5.92 Å². The van der Waals surface area contributed by atoms with Gasteiger partial charge < -0.3 is 0 Å². The number of alkyl halides is 1. The van der Waals surface area contributed by atoms with Gasteiger partial charge in [0.1, 0.15) is 0 Å². The van der Waals surface area contributed by atoms with E-state index < -0.39 is 0 Å². The second kappa shape index (κ2) is 4.80. The van der Waals surface area contributed by atoms with Gasteiger partial charge in [0.2, 0.25) is 0 Å². The fourth-order valence-electron chi connectivity index (χ4n) is 1.55. The number of hydrogen-bond donors (Lipinski definition) is 0. The van der Waals surface area contributed by atoms with Gasteiger partial charge in [-0.1, -0.05) is 54.0 Å². The van der Waals surface area contributed by atoms with E-state index in [0.717, 1.165) is 5.92 Å². The van der Waals surface area contributed by atoms with Crippen molar-refractivity contribution >= 4 is 15.9 Å². The number of hydrogen-bond acceptors (Lipinski definition) is 0. The van der Waals surface area contributed by atoms with E-state index in [1.54, 1.807) is 0 Å². The summed E-state index contributed by atoms with van der Waals surface area (Å²) >= 11 is 3.62. The zero-order chi connectivity index (χ0) is 9.84. The highest BCUT2D eigenvalue weighted by atomic mass is 79.9. The van der Waals surface area contributed by atoms with Crippen LogP contribution in [0.2, 0.25) is 0 Å². The Labute approximate surface area is 89.5 Å². The van der Waals surface area contributed by atoms with Gasteiger partial charge in [-0.25, -0.2) is 0 Å². The van der Waals surface area contributed by atoms with Gasteiger partial charge in [-0.2, -0.15) is 0 Å². The largest absolute Gasteiger partial charge is 0.0842 e. The summed E-state index contributed by atoms with van der Waals surface area (Å²) in [6.07, 6.45) is 1.17. The van der Waals surface area contributed by atoms with Gasteiger partial charge in [0.05, 0.1) is 0 Å². The Balaban J connectivity index is 2.91. The molecule has 0 aliphatic carbocycles. The smallest absolute Gasteiger partial charge is 0.0369 e. The maximum atomic E-state index is 3.62. The SMILES string of the molecule is CC(C)Cc1ccccc1C(C)Br. The summed E-state index contributed by atoms with van der Waals surface area (Å²) < 4.78 is 0. The molecule has 1 heteroatoms. The molecule has 0 N–H and O–H groups in total. The van der Waals surface area contributed by atoms with Crippen LogP contribution in [0.5, 0.6) is 0 Å². The first kappa shape index (κ1) is 10.8. The second-order valence-electron chi connectivity index (χ2n) is 3.91. The molecular formula is C12H17Br. The van der Waals surface area contributed by atoms with Crippen LogP contribution in [0, 0.1) is 5.92 Å². The quantitative estimate of drug-likeness (QED) is 0.690. The first-order valence-corrected chi connectivity index (χ1v) is 5.74. The van der Waals surface area contributed by atoms with Crippen LogP contribution >= 0.6 is 15.9 Å². The van der Waals surface area contributed by atoms with Crippen molar-refractivity contribution in [3.8, 4) is 0 Å². The fraction of sp³-hybridized carbons (Fsp3) is 0.500. The maximum absolute atomic E-state index is 3.62. The molecule has 1 atom stereocenters. The van der Waals surface area contributed by atoms with Crippen LogP contribution in [0.25, 0.3) is 0 Å². The third kappa shape index (κ3) is 3.15. The predicted octanol–water partition coefficient (Wildman–Crippen LogP) is 4.34. The minimum absolute atomic E-state index is 0.461. The van der Waals surface area contributed by atoms with E-state index in [-0.39, 0.29) is 0 Å². The zero-order valence-corrected chi connectivity index (χ0v) is 10.1. The molecule has 0 nitrogen and oxygen atoms in total. The summed E-state index contributed by atoms with van der Waals surface area (Å²) in [5.74, 6) is 0.729. The van der Waals surface area contributed by atoms with Gasteiger partial charge in [-0.05, 0) is 30.4 Å². The van der Waals surface area contributed by atoms with Gasteiger partial charge in [0.25, 0.3) is 0 Å². The molecule has 0 heterocycles. The number of halogens is 1. The summed E-state index contributed by atoms with van der Waals surface area (Å²) in [7, 11) is 0. The van der Waals surface area contributed by atoms with E-state index in [1.165, 1.54) is 17.5 Å². The van der Waals surface area contributed by atoms with Crippen molar-refractivity contribution in [2.75, 3.05) is 0 Å². The highest BCUT2D eigenvalue weighted by Gasteiger charge is 2.07. The molecule has 72 valence electrons. The Hall–Kier alpha value is -0.300. The lowest BCUT2D eigenvalue weighted by Gasteiger charge is -2.12. The molecule has 1 aromatic rings. The van der Waals surface area contributed by atoms with Gasteiger partial charge >= 0.3 is 0 Å². The van der Waals surface area contributed by atoms with Gasteiger partial charge in [-0.3, -0.25) is 0 Å². The van der Waals surface area contributed by atoms with Crippen LogP contribution in [0.4, 0.5) is 0 Å². The minimum Gasteiger partial charge on any atom is -0.0842 e. The molecule has 1 aromatic carbocycles. The van der Waals surface area contributed by atoms with Crippen molar-refractivity contribution in [1.29, 1.82) is 0 Å². The third-order valence-electron chi connectivity index (χ3n) is 2.11. The van der Waals surface area contributed by atoms with Gasteiger partial charge in [0, 0.05) is 4.83 Å². The zero-order valence-electron chi connectivity index (χ0n) is 8.55. The summed E-state index contributed by atoms with van der Waals surface area (Å²) in [5.41, 5.74) is 2.90. The lowest BCUT2D eigenvalue weighted by Crippen LogP contribution is -1.99. The molecule has 0 aromatic heterocycles. The average Bonchev–Trinajstić information content (AvgIpc) is 2.03. The molecule has 1 rings (SSSR count). The Bertz CT molecular complexity index is 264. The molecule has 0 aliphatic heterocycles. The highest BCUT2D eigenvalue weighted by molar-refractivity contribution is 9.09. The highest BCUT2D eigenvalue weighted by Crippen LogP contribution is 2.26. The van der Waals surface area contributed by atoms with E-state index in [0.29, 0.717) is 4.83 Å². The Morgan fingerprint density at radius 2 is 1.77 bits per heavy atom. The molecule has 13 heavy (non-hydrogen) atoms. The first-order chi connectivity index (χ1) is 6.11. The van der Waals surface area contributed by atoms with Crippen LogP contribution in [0.15, 0.2) is 24.3 Å². The minimum atomic E-state index is 0.461. The lowest BCUT2D eigenvalue weighted by atomic mass is 9.97. The van der Waals surface area contributed by atoms with Crippen molar-refractivity contribution in [3.05, 3.63) is 35.4 Å². The summed E-state index contributed by atoms with van der Waals surface area (Å²) in [5, 5.41) is 0. The van der Waals surface area contributed by atoms with Crippen LogP contribution in [-0.2, 0) is 6.42 Å². The standard InChI is InChI=1S/C12H17Br/c1-9(2)8-11-6-4-5-7-12(11)10(3)13/h4-7,9-10H,8H2,1-3H3. The summed E-state index contributed by atoms with van der Waals surface area (Å²) in [4.78, 5) is 0.461. The first-order valence-electron chi connectivity index (χ1n) is 4.83. The summed E-state index contributed by atoms with van der Waals surface area (Å²) in [6, 6.07) is 8.66. The molecular weight excluding hydrogens is 224 g/mol. The molecule has 0 bridgehead atoms. The van der Waals surface area contributed by atoms with Crippen LogP contribution in [-0.4, -0.2) is 0 Å². The van der Waals surface area contributed by atoms with E-state index in [1.807, 2.05) is 0 Å². The Morgan fingerprint density at radius 3 is 2.31 bits per heavy atom. The second-order valence-corrected chi connectivity index (χ2v) is 5.29. The van der Waals surface area contributed by atoms with Crippen LogP contribution < -0.4 is 0 Å². The number of rotatable bonds is 3. The third-order valence-corrected chi connectivity index (χ3v) is 2.61. The molecule has 0 aliphatic rings. The van der Waals surface area contributed by atoms with Crippen molar-refractivity contribution in [1.82, 2.24) is 0 Å². The van der Waals surface area contributed by atoms with Gasteiger partial charge in [-0.15, -0.1) is 0 Å². The Kier molecular flexibility index (Phi) is 3.98.